The minimum Gasteiger partial charge on any atom is -0.473 e. The summed E-state index contributed by atoms with van der Waals surface area (Å²) >= 11 is 0. The fourth-order valence-corrected chi connectivity index (χ4v) is 4.86. The number of benzene rings is 1. The van der Waals surface area contributed by atoms with E-state index in [0.29, 0.717) is 17.3 Å². The first-order valence-electron chi connectivity index (χ1n) is 12.6. The van der Waals surface area contributed by atoms with Crippen molar-refractivity contribution in [1.82, 2.24) is 24.7 Å². The molecule has 0 spiro atoms. The van der Waals surface area contributed by atoms with Crippen molar-refractivity contribution < 1.29 is 23.0 Å². The van der Waals surface area contributed by atoms with Crippen LogP contribution in [0.5, 0.6) is 5.88 Å². The van der Waals surface area contributed by atoms with E-state index >= 15 is 0 Å². The van der Waals surface area contributed by atoms with Gasteiger partial charge in [0.2, 0.25) is 5.88 Å². The lowest BCUT2D eigenvalue weighted by molar-refractivity contribution is -0.143. The summed E-state index contributed by atoms with van der Waals surface area (Å²) in [5.74, 6) is -1.65. The summed E-state index contributed by atoms with van der Waals surface area (Å²) in [6.07, 6.45) is 6.80. The molecule has 6 rings (SSSR count). The maximum atomic E-state index is 13.1. The van der Waals surface area contributed by atoms with Crippen molar-refractivity contribution in [3.63, 3.8) is 0 Å². The van der Waals surface area contributed by atoms with Gasteiger partial charge in [-0.15, -0.1) is 0 Å². The Morgan fingerprint density at radius 1 is 1.03 bits per heavy atom. The standard InChI is InChI=1S/C28H26F2N6O3/c1-36-25(35-23-15-31-16-24(34-23)39-20-11-28(29,30)12-20)21(14-33-36)22-8-5-18(13-32-22)17-3-6-19(7-4-17)27(9-10-27)26(37)38-2/h3-8,13-16,20H,9-12H2,1-2H3,(H,34,35). The monoisotopic (exact) mass is 532 g/mol. The van der Waals surface area contributed by atoms with Gasteiger partial charge in [0, 0.05) is 31.6 Å². The first-order chi connectivity index (χ1) is 18.8. The van der Waals surface area contributed by atoms with Crippen LogP contribution in [0.25, 0.3) is 22.4 Å². The van der Waals surface area contributed by atoms with Crippen molar-refractivity contribution in [2.75, 3.05) is 12.4 Å². The van der Waals surface area contributed by atoms with Gasteiger partial charge in [-0.1, -0.05) is 30.3 Å². The van der Waals surface area contributed by atoms with E-state index in [1.54, 1.807) is 24.1 Å². The van der Waals surface area contributed by atoms with Gasteiger partial charge < -0.3 is 14.8 Å². The van der Waals surface area contributed by atoms with Crippen molar-refractivity contribution in [2.45, 2.75) is 43.1 Å². The number of nitrogens with zero attached hydrogens (tertiary/aromatic N) is 5. The second-order valence-electron chi connectivity index (χ2n) is 9.99. The van der Waals surface area contributed by atoms with Gasteiger partial charge in [0.05, 0.1) is 42.4 Å². The molecule has 0 radical (unpaired) electrons. The number of ether oxygens (including phenoxy) is 2. The lowest BCUT2D eigenvalue weighted by Crippen LogP contribution is -2.43. The molecule has 0 aliphatic heterocycles. The Morgan fingerprint density at radius 2 is 1.77 bits per heavy atom. The first kappa shape index (κ1) is 24.9. The van der Waals surface area contributed by atoms with Crippen LogP contribution in [-0.2, 0) is 22.0 Å². The number of aryl methyl sites for hydroxylation is 1. The van der Waals surface area contributed by atoms with E-state index in [4.69, 9.17) is 9.47 Å². The van der Waals surface area contributed by atoms with Crippen molar-refractivity contribution >= 4 is 17.6 Å². The number of nitrogens with one attached hydrogen (secondary N) is 1. The number of anilines is 2. The SMILES string of the molecule is COC(=O)C1(c2ccc(-c3ccc(-c4cnn(C)c4Nc4cncc(OC5CC(F)(F)C5)n4)nc3)cc2)CC1. The molecule has 39 heavy (non-hydrogen) atoms. The molecule has 4 aromatic rings. The average molecular weight is 533 g/mol. The van der Waals surface area contributed by atoms with Gasteiger partial charge in [-0.25, -0.2) is 8.78 Å². The quantitative estimate of drug-likeness (QED) is 0.314. The summed E-state index contributed by atoms with van der Waals surface area (Å²) in [5, 5.41) is 7.54. The van der Waals surface area contributed by atoms with Gasteiger partial charge >= 0.3 is 5.97 Å². The number of alkyl halides is 2. The molecule has 1 aromatic carbocycles. The third kappa shape index (κ3) is 4.80. The average Bonchev–Trinajstić information content (AvgIpc) is 3.66. The van der Waals surface area contributed by atoms with Gasteiger partial charge in [0.25, 0.3) is 5.92 Å². The number of halogens is 2. The number of rotatable bonds is 8. The number of pyridine rings is 1. The Balaban J connectivity index is 1.18. The number of hydrogen-bond donors (Lipinski definition) is 1. The molecule has 1 N–H and O–H groups in total. The minimum atomic E-state index is -2.67. The molecule has 3 heterocycles. The molecule has 2 saturated carbocycles. The Labute approximate surface area is 223 Å². The number of aromatic nitrogens is 5. The van der Waals surface area contributed by atoms with Crippen molar-refractivity contribution in [3.8, 4) is 28.3 Å². The van der Waals surface area contributed by atoms with Crippen LogP contribution in [0.2, 0.25) is 0 Å². The highest BCUT2D eigenvalue weighted by Crippen LogP contribution is 2.49. The van der Waals surface area contributed by atoms with E-state index in [-0.39, 0.29) is 24.7 Å². The predicted molar refractivity (Wildman–Crippen MR) is 139 cm³/mol. The number of esters is 1. The molecule has 0 saturated heterocycles. The molecule has 200 valence electrons. The van der Waals surface area contributed by atoms with Gasteiger partial charge in [-0.2, -0.15) is 10.1 Å². The Kier molecular flexibility index (Phi) is 6.00. The van der Waals surface area contributed by atoms with Crippen LogP contribution >= 0.6 is 0 Å². The highest BCUT2D eigenvalue weighted by molar-refractivity contribution is 5.86. The molecule has 2 aliphatic carbocycles. The van der Waals surface area contributed by atoms with Gasteiger partial charge in [0.1, 0.15) is 11.9 Å². The summed E-state index contributed by atoms with van der Waals surface area (Å²) in [4.78, 5) is 25.3. The molecule has 0 unspecified atom stereocenters. The molecular weight excluding hydrogens is 506 g/mol. The van der Waals surface area contributed by atoms with E-state index in [2.05, 4.69) is 25.4 Å². The normalized spacial score (nSPS) is 17.2. The summed E-state index contributed by atoms with van der Waals surface area (Å²) in [5.41, 5.74) is 3.84. The summed E-state index contributed by atoms with van der Waals surface area (Å²) in [6, 6.07) is 11.8. The number of methoxy groups -OCH3 is 1. The summed E-state index contributed by atoms with van der Waals surface area (Å²) in [7, 11) is 3.21. The molecule has 0 bridgehead atoms. The zero-order valence-electron chi connectivity index (χ0n) is 21.4. The summed E-state index contributed by atoms with van der Waals surface area (Å²) in [6.45, 7) is 0. The van der Waals surface area contributed by atoms with E-state index in [1.165, 1.54) is 19.5 Å². The maximum absolute atomic E-state index is 13.1. The topological polar surface area (TPSA) is 104 Å². The largest absolute Gasteiger partial charge is 0.473 e. The third-order valence-corrected chi connectivity index (χ3v) is 7.27. The van der Waals surface area contributed by atoms with Crippen LogP contribution in [0.4, 0.5) is 20.4 Å². The Bertz CT molecular complexity index is 1510. The first-order valence-corrected chi connectivity index (χ1v) is 12.6. The third-order valence-electron chi connectivity index (χ3n) is 7.27. The Morgan fingerprint density at radius 3 is 2.41 bits per heavy atom. The second kappa shape index (κ2) is 9.40. The van der Waals surface area contributed by atoms with Crippen molar-refractivity contribution in [3.05, 3.63) is 66.7 Å². The molecular formula is C28H26F2N6O3. The lowest BCUT2D eigenvalue weighted by atomic mass is 9.91. The zero-order valence-corrected chi connectivity index (χ0v) is 21.4. The van der Waals surface area contributed by atoms with E-state index < -0.39 is 17.4 Å². The second-order valence-corrected chi connectivity index (χ2v) is 9.99. The fourth-order valence-electron chi connectivity index (χ4n) is 4.86. The molecule has 11 heteroatoms. The number of carbonyl (C=O) groups excluding carboxylic acids is 1. The highest BCUT2D eigenvalue weighted by atomic mass is 19.3. The van der Waals surface area contributed by atoms with Gasteiger partial charge in [0.15, 0.2) is 5.82 Å². The molecule has 0 atom stereocenters. The van der Waals surface area contributed by atoms with E-state index in [0.717, 1.165) is 35.1 Å². The molecule has 2 aliphatic rings. The van der Waals surface area contributed by atoms with E-state index in [9.17, 15) is 13.6 Å². The molecule has 2 fully saturated rings. The maximum Gasteiger partial charge on any atom is 0.316 e. The van der Waals surface area contributed by atoms with E-state index in [1.807, 2.05) is 36.4 Å². The molecule has 0 amide bonds. The van der Waals surface area contributed by atoms with Crippen LogP contribution in [0, 0.1) is 0 Å². The van der Waals surface area contributed by atoms with Crippen LogP contribution in [0.3, 0.4) is 0 Å². The van der Waals surface area contributed by atoms with Crippen molar-refractivity contribution in [1.29, 1.82) is 0 Å². The zero-order chi connectivity index (χ0) is 27.2. The van der Waals surface area contributed by atoms with Crippen LogP contribution in [0.1, 0.15) is 31.2 Å². The van der Waals surface area contributed by atoms with Crippen molar-refractivity contribution in [2.24, 2.45) is 7.05 Å². The van der Waals surface area contributed by atoms with Gasteiger partial charge in [-0.3, -0.25) is 19.4 Å². The van der Waals surface area contributed by atoms with Gasteiger partial charge in [-0.05, 0) is 30.0 Å². The van der Waals surface area contributed by atoms with Crippen LogP contribution in [0.15, 0.2) is 61.2 Å². The molecule has 3 aromatic heterocycles. The Hall–Kier alpha value is -4.41. The fraction of sp³-hybridized carbons (Fsp3) is 0.321. The molecule has 9 nitrogen and oxygen atoms in total. The summed E-state index contributed by atoms with van der Waals surface area (Å²) < 4.78 is 38.4. The van der Waals surface area contributed by atoms with Crippen LogP contribution < -0.4 is 10.1 Å². The predicted octanol–water partition coefficient (Wildman–Crippen LogP) is 5.06. The smallest absolute Gasteiger partial charge is 0.316 e. The highest BCUT2D eigenvalue weighted by Gasteiger charge is 2.52. The minimum absolute atomic E-state index is 0.178. The lowest BCUT2D eigenvalue weighted by Gasteiger charge is -2.34. The number of carbonyl (C=O) groups is 1. The van der Waals surface area contributed by atoms with Crippen LogP contribution in [-0.4, -0.2) is 49.8 Å². The number of hydrogen-bond acceptors (Lipinski definition) is 8.